The van der Waals surface area contributed by atoms with Gasteiger partial charge >= 0.3 is 0 Å². The van der Waals surface area contributed by atoms with Crippen molar-refractivity contribution < 1.29 is 13.2 Å². The molecular weight excluding hydrogens is 324 g/mol. The average Bonchev–Trinajstić information content (AvgIpc) is 2.54. The summed E-state index contributed by atoms with van der Waals surface area (Å²) in [6.45, 7) is 3.50. The van der Waals surface area contributed by atoms with E-state index in [4.69, 9.17) is 5.73 Å². The SMILES string of the molecule is Cc1ccc(CC2CCN(C(=O)[C@H](N)CCS(C)(=O)=O)CC2)cc1. The van der Waals surface area contributed by atoms with Gasteiger partial charge in [-0.3, -0.25) is 4.79 Å². The van der Waals surface area contributed by atoms with Crippen molar-refractivity contribution in [3.8, 4) is 0 Å². The van der Waals surface area contributed by atoms with E-state index >= 15 is 0 Å². The summed E-state index contributed by atoms with van der Waals surface area (Å²) in [5, 5.41) is 0. The third-order valence-electron chi connectivity index (χ3n) is 4.69. The molecule has 0 radical (unpaired) electrons. The summed E-state index contributed by atoms with van der Waals surface area (Å²) in [6, 6.07) is 7.90. The molecule has 0 aromatic heterocycles. The summed E-state index contributed by atoms with van der Waals surface area (Å²) in [6.07, 6.45) is 4.35. The van der Waals surface area contributed by atoms with Gasteiger partial charge < -0.3 is 10.6 Å². The Bertz CT molecular complexity index is 647. The summed E-state index contributed by atoms with van der Waals surface area (Å²) in [5.74, 6) is 0.431. The Balaban J connectivity index is 1.79. The van der Waals surface area contributed by atoms with Gasteiger partial charge in [-0.2, -0.15) is 0 Å². The fraction of sp³-hybridized carbons (Fsp3) is 0.611. The lowest BCUT2D eigenvalue weighted by atomic mass is 9.89. The van der Waals surface area contributed by atoms with Crippen LogP contribution in [0.1, 0.15) is 30.4 Å². The predicted octanol–water partition coefficient (Wildman–Crippen LogP) is 1.54. The highest BCUT2D eigenvalue weighted by Crippen LogP contribution is 2.22. The molecule has 1 amide bonds. The minimum atomic E-state index is -3.08. The summed E-state index contributed by atoms with van der Waals surface area (Å²) < 4.78 is 22.4. The predicted molar refractivity (Wildman–Crippen MR) is 96.5 cm³/mol. The van der Waals surface area contributed by atoms with Gasteiger partial charge in [-0.25, -0.2) is 8.42 Å². The minimum Gasteiger partial charge on any atom is -0.341 e. The van der Waals surface area contributed by atoms with E-state index in [9.17, 15) is 13.2 Å². The molecule has 24 heavy (non-hydrogen) atoms. The first-order chi connectivity index (χ1) is 11.2. The number of hydrogen-bond acceptors (Lipinski definition) is 4. The molecule has 0 saturated carbocycles. The topological polar surface area (TPSA) is 80.5 Å². The van der Waals surface area contributed by atoms with Crippen LogP contribution in [0.4, 0.5) is 0 Å². The second-order valence-electron chi connectivity index (χ2n) is 6.98. The van der Waals surface area contributed by atoms with Gasteiger partial charge in [0.05, 0.1) is 11.8 Å². The zero-order valence-electron chi connectivity index (χ0n) is 14.6. The molecule has 5 nitrogen and oxygen atoms in total. The Morgan fingerprint density at radius 1 is 1.25 bits per heavy atom. The first-order valence-electron chi connectivity index (χ1n) is 8.52. The van der Waals surface area contributed by atoms with Crippen molar-refractivity contribution in [1.29, 1.82) is 0 Å². The summed E-state index contributed by atoms with van der Waals surface area (Å²) in [5.41, 5.74) is 8.48. The van der Waals surface area contributed by atoms with E-state index in [1.54, 1.807) is 4.90 Å². The zero-order chi connectivity index (χ0) is 17.7. The third-order valence-corrected chi connectivity index (χ3v) is 5.67. The van der Waals surface area contributed by atoms with Crippen LogP contribution in [0.15, 0.2) is 24.3 Å². The molecule has 6 heteroatoms. The van der Waals surface area contributed by atoms with Crippen molar-refractivity contribution in [1.82, 2.24) is 4.90 Å². The maximum atomic E-state index is 12.3. The van der Waals surface area contributed by atoms with Gasteiger partial charge in [0.1, 0.15) is 9.84 Å². The van der Waals surface area contributed by atoms with E-state index < -0.39 is 15.9 Å². The van der Waals surface area contributed by atoms with E-state index in [2.05, 4.69) is 31.2 Å². The number of piperidine rings is 1. The smallest absolute Gasteiger partial charge is 0.239 e. The van der Waals surface area contributed by atoms with Gasteiger partial charge in [0.2, 0.25) is 5.91 Å². The second kappa shape index (κ2) is 8.12. The fourth-order valence-corrected chi connectivity index (χ4v) is 3.80. The number of sulfone groups is 1. The van der Waals surface area contributed by atoms with E-state index in [1.165, 1.54) is 17.4 Å². The number of nitrogens with zero attached hydrogens (tertiary/aromatic N) is 1. The van der Waals surface area contributed by atoms with Crippen molar-refractivity contribution >= 4 is 15.7 Å². The maximum absolute atomic E-state index is 12.3. The molecule has 0 spiro atoms. The second-order valence-corrected chi connectivity index (χ2v) is 9.24. The van der Waals surface area contributed by atoms with Crippen LogP contribution >= 0.6 is 0 Å². The number of carbonyl (C=O) groups is 1. The van der Waals surface area contributed by atoms with Crippen LogP contribution in [0.2, 0.25) is 0 Å². The van der Waals surface area contributed by atoms with Gasteiger partial charge in [-0.1, -0.05) is 29.8 Å². The van der Waals surface area contributed by atoms with Crippen molar-refractivity contribution in [3.63, 3.8) is 0 Å². The van der Waals surface area contributed by atoms with E-state index in [-0.39, 0.29) is 18.1 Å². The maximum Gasteiger partial charge on any atom is 0.239 e. The molecule has 2 N–H and O–H groups in total. The lowest BCUT2D eigenvalue weighted by Gasteiger charge is -2.33. The van der Waals surface area contributed by atoms with Crippen LogP contribution in [0.5, 0.6) is 0 Å². The molecule has 1 saturated heterocycles. The number of carbonyl (C=O) groups excluding carboxylic acids is 1. The molecular formula is C18H28N2O3S. The Morgan fingerprint density at radius 2 is 1.83 bits per heavy atom. The third kappa shape index (κ3) is 5.91. The van der Waals surface area contributed by atoms with Crippen LogP contribution in [-0.4, -0.2) is 50.4 Å². The molecule has 134 valence electrons. The van der Waals surface area contributed by atoms with Gasteiger partial charge in [0.15, 0.2) is 0 Å². The summed E-state index contributed by atoms with van der Waals surface area (Å²) in [7, 11) is -3.08. The number of aryl methyl sites for hydroxylation is 1. The molecule has 0 unspecified atom stereocenters. The number of benzene rings is 1. The molecule has 1 atom stereocenters. The zero-order valence-corrected chi connectivity index (χ0v) is 15.4. The number of likely N-dealkylation sites (tertiary alicyclic amines) is 1. The molecule has 1 aromatic rings. The largest absolute Gasteiger partial charge is 0.341 e. The Labute approximate surface area is 145 Å². The van der Waals surface area contributed by atoms with Gasteiger partial charge in [-0.05, 0) is 44.1 Å². The Morgan fingerprint density at radius 3 is 2.38 bits per heavy atom. The van der Waals surface area contributed by atoms with E-state index in [0.717, 1.165) is 19.3 Å². The lowest BCUT2D eigenvalue weighted by molar-refractivity contribution is -0.134. The van der Waals surface area contributed by atoms with Gasteiger partial charge in [-0.15, -0.1) is 0 Å². The van der Waals surface area contributed by atoms with E-state index in [1.807, 2.05) is 0 Å². The lowest BCUT2D eigenvalue weighted by Crippen LogP contribution is -2.47. The van der Waals surface area contributed by atoms with Gasteiger partial charge in [0.25, 0.3) is 0 Å². The monoisotopic (exact) mass is 352 g/mol. The molecule has 0 bridgehead atoms. The molecule has 1 aliphatic rings. The fourth-order valence-electron chi connectivity index (χ4n) is 3.11. The highest BCUT2D eigenvalue weighted by Gasteiger charge is 2.26. The molecule has 1 fully saturated rings. The Kier molecular flexibility index (Phi) is 6.40. The molecule has 2 rings (SSSR count). The van der Waals surface area contributed by atoms with Gasteiger partial charge in [0, 0.05) is 19.3 Å². The van der Waals surface area contributed by atoms with Crippen LogP contribution in [0, 0.1) is 12.8 Å². The molecule has 0 aliphatic carbocycles. The van der Waals surface area contributed by atoms with E-state index in [0.29, 0.717) is 19.0 Å². The Hall–Kier alpha value is -1.40. The van der Waals surface area contributed by atoms with Crippen LogP contribution in [0.25, 0.3) is 0 Å². The molecule has 1 aromatic carbocycles. The highest BCUT2D eigenvalue weighted by molar-refractivity contribution is 7.90. The average molecular weight is 353 g/mol. The van der Waals surface area contributed by atoms with Crippen LogP contribution < -0.4 is 5.73 Å². The standard InChI is InChI=1S/C18H28N2O3S/c1-14-3-5-15(6-4-14)13-16-7-10-20(11-8-16)18(21)17(19)9-12-24(2,22)23/h3-6,16-17H,7-13,19H2,1-2H3/t17-/m1/s1. The first kappa shape index (κ1) is 18.9. The molecule has 1 heterocycles. The number of rotatable bonds is 6. The first-order valence-corrected chi connectivity index (χ1v) is 10.6. The highest BCUT2D eigenvalue weighted by atomic mass is 32.2. The van der Waals surface area contributed by atoms with Crippen LogP contribution in [-0.2, 0) is 21.1 Å². The normalized spacial score (nSPS) is 17.7. The van der Waals surface area contributed by atoms with Crippen molar-refractivity contribution in [2.75, 3.05) is 25.1 Å². The number of nitrogens with two attached hydrogens (primary N) is 1. The minimum absolute atomic E-state index is 0.0379. The summed E-state index contributed by atoms with van der Waals surface area (Å²) >= 11 is 0. The quantitative estimate of drug-likeness (QED) is 0.842. The number of hydrogen-bond donors (Lipinski definition) is 1. The number of amides is 1. The summed E-state index contributed by atoms with van der Waals surface area (Å²) in [4.78, 5) is 14.1. The molecule has 1 aliphatic heterocycles. The van der Waals surface area contributed by atoms with Crippen LogP contribution in [0.3, 0.4) is 0 Å². The van der Waals surface area contributed by atoms with Crippen molar-refractivity contribution in [2.24, 2.45) is 11.7 Å². The van der Waals surface area contributed by atoms with Crippen molar-refractivity contribution in [3.05, 3.63) is 35.4 Å². The van der Waals surface area contributed by atoms with Crippen molar-refractivity contribution in [2.45, 2.75) is 38.6 Å².